The Morgan fingerprint density at radius 2 is 2.20 bits per heavy atom. The lowest BCUT2D eigenvalue weighted by Gasteiger charge is -2.37. The molecule has 0 aliphatic carbocycles. The Labute approximate surface area is 122 Å². The Hall–Kier alpha value is -1.39. The maximum atomic E-state index is 12.8. The molecule has 1 aliphatic rings. The van der Waals surface area contributed by atoms with Crippen molar-refractivity contribution in [1.29, 1.82) is 0 Å². The van der Waals surface area contributed by atoms with E-state index in [2.05, 4.69) is 0 Å². The molecule has 0 unspecified atom stereocenters. The minimum atomic E-state index is -0.468. The molecule has 1 amide bonds. The third-order valence-electron chi connectivity index (χ3n) is 4.08. The molecule has 0 spiro atoms. The fraction of sp³-hybridized carbons (Fsp3) is 0.438. The first-order valence-electron chi connectivity index (χ1n) is 7.14. The molecule has 2 atom stereocenters. The smallest absolute Gasteiger partial charge is 0.255 e. The largest absolute Gasteiger partial charge is 0.391 e. The highest BCUT2D eigenvalue weighted by Gasteiger charge is 2.31. The molecule has 4 heteroatoms. The minimum Gasteiger partial charge on any atom is -0.391 e. The van der Waals surface area contributed by atoms with Gasteiger partial charge in [0.2, 0.25) is 0 Å². The van der Waals surface area contributed by atoms with Crippen LogP contribution in [0.1, 0.15) is 36.5 Å². The second-order valence-corrected chi connectivity index (χ2v) is 6.36. The number of thiophene rings is 1. The lowest BCUT2D eigenvalue weighted by atomic mass is 9.97. The predicted molar refractivity (Wildman–Crippen MR) is 82.2 cm³/mol. The summed E-state index contributed by atoms with van der Waals surface area (Å²) in [6.07, 6.45) is 2.54. The Balaban J connectivity index is 1.94. The van der Waals surface area contributed by atoms with Gasteiger partial charge in [0.15, 0.2) is 0 Å². The number of carbonyl (C=O) groups excluding carboxylic acids is 1. The lowest BCUT2D eigenvalue weighted by Crippen LogP contribution is -2.48. The summed E-state index contributed by atoms with van der Waals surface area (Å²) in [5, 5.41) is 12.9. The van der Waals surface area contributed by atoms with Crippen LogP contribution in [-0.4, -0.2) is 34.6 Å². The van der Waals surface area contributed by atoms with Crippen LogP contribution in [-0.2, 0) is 0 Å². The van der Waals surface area contributed by atoms with E-state index in [9.17, 15) is 9.90 Å². The van der Waals surface area contributed by atoms with Crippen molar-refractivity contribution < 1.29 is 9.90 Å². The van der Waals surface area contributed by atoms with Crippen LogP contribution in [0.2, 0.25) is 0 Å². The number of benzene rings is 1. The summed E-state index contributed by atoms with van der Waals surface area (Å²) < 4.78 is 1.14. The molecule has 1 N–H and O–H groups in total. The molecule has 0 radical (unpaired) electrons. The number of aliphatic hydroxyl groups excluding tert-OH is 1. The van der Waals surface area contributed by atoms with Gasteiger partial charge in [0.25, 0.3) is 5.91 Å². The molecule has 3 nitrogen and oxygen atoms in total. The number of nitrogens with zero attached hydrogens (tertiary/aromatic N) is 1. The number of hydrogen-bond acceptors (Lipinski definition) is 3. The van der Waals surface area contributed by atoms with E-state index in [0.717, 1.165) is 41.5 Å². The summed E-state index contributed by atoms with van der Waals surface area (Å²) in [4.78, 5) is 14.7. The summed E-state index contributed by atoms with van der Waals surface area (Å²) in [5.41, 5.74) is 0.776. The van der Waals surface area contributed by atoms with Crippen LogP contribution in [0.5, 0.6) is 0 Å². The molecular formula is C16H19NO2S. The van der Waals surface area contributed by atoms with Gasteiger partial charge in [0, 0.05) is 22.0 Å². The molecule has 20 heavy (non-hydrogen) atoms. The molecule has 1 aromatic carbocycles. The van der Waals surface area contributed by atoms with Crippen LogP contribution in [0.15, 0.2) is 29.6 Å². The average Bonchev–Trinajstić information content (AvgIpc) is 2.90. The average molecular weight is 289 g/mol. The van der Waals surface area contributed by atoms with E-state index in [1.54, 1.807) is 18.3 Å². The normalized spacial score (nSPS) is 21.1. The third kappa shape index (κ3) is 2.34. The lowest BCUT2D eigenvalue weighted by molar-refractivity contribution is 0.0283. The predicted octanol–water partition coefficient (Wildman–Crippen LogP) is 3.28. The van der Waals surface area contributed by atoms with Crippen molar-refractivity contribution >= 4 is 27.3 Å². The van der Waals surface area contributed by atoms with Gasteiger partial charge in [-0.1, -0.05) is 18.2 Å². The number of rotatable bonds is 2. The van der Waals surface area contributed by atoms with Crippen LogP contribution in [0.4, 0.5) is 0 Å². The third-order valence-corrected chi connectivity index (χ3v) is 5.04. The van der Waals surface area contributed by atoms with Crippen molar-refractivity contribution in [3.63, 3.8) is 0 Å². The summed E-state index contributed by atoms with van der Waals surface area (Å²) in [6.45, 7) is 2.53. The van der Waals surface area contributed by atoms with Crippen molar-refractivity contribution in [2.45, 2.75) is 38.3 Å². The van der Waals surface area contributed by atoms with Crippen LogP contribution < -0.4 is 0 Å². The van der Waals surface area contributed by atoms with E-state index >= 15 is 0 Å². The quantitative estimate of drug-likeness (QED) is 0.921. The van der Waals surface area contributed by atoms with Gasteiger partial charge in [0.05, 0.1) is 17.7 Å². The van der Waals surface area contributed by atoms with Gasteiger partial charge < -0.3 is 10.0 Å². The van der Waals surface area contributed by atoms with Gasteiger partial charge in [-0.15, -0.1) is 11.3 Å². The molecule has 1 fully saturated rings. The van der Waals surface area contributed by atoms with Gasteiger partial charge in [-0.25, -0.2) is 0 Å². The fourth-order valence-corrected chi connectivity index (χ4v) is 3.94. The maximum absolute atomic E-state index is 12.8. The summed E-state index contributed by atoms with van der Waals surface area (Å²) in [5.74, 6) is 0.0630. The molecule has 0 bridgehead atoms. The van der Waals surface area contributed by atoms with Crippen LogP contribution in [0, 0.1) is 0 Å². The van der Waals surface area contributed by atoms with Crippen molar-refractivity contribution in [2.24, 2.45) is 0 Å². The number of likely N-dealkylation sites (tertiary alicyclic amines) is 1. The number of carbonyl (C=O) groups is 1. The van der Waals surface area contributed by atoms with Gasteiger partial charge in [0.1, 0.15) is 0 Å². The van der Waals surface area contributed by atoms with Gasteiger partial charge in [-0.05, 0) is 32.3 Å². The molecule has 1 aliphatic heterocycles. The topological polar surface area (TPSA) is 40.5 Å². The summed E-state index contributed by atoms with van der Waals surface area (Å²) >= 11 is 1.61. The molecule has 1 saturated heterocycles. The molecule has 106 valence electrons. The van der Waals surface area contributed by atoms with E-state index in [1.165, 1.54) is 0 Å². The first-order chi connectivity index (χ1) is 9.68. The van der Waals surface area contributed by atoms with Crippen molar-refractivity contribution in [3.8, 4) is 0 Å². The Morgan fingerprint density at radius 3 is 3.00 bits per heavy atom. The molecule has 3 rings (SSSR count). The van der Waals surface area contributed by atoms with Crippen molar-refractivity contribution in [2.75, 3.05) is 6.54 Å². The zero-order valence-corrected chi connectivity index (χ0v) is 12.4. The van der Waals surface area contributed by atoms with E-state index < -0.39 is 6.10 Å². The van der Waals surface area contributed by atoms with Gasteiger partial charge in [-0.2, -0.15) is 0 Å². The summed E-state index contributed by atoms with van der Waals surface area (Å²) in [7, 11) is 0. The highest BCUT2D eigenvalue weighted by Crippen LogP contribution is 2.29. The van der Waals surface area contributed by atoms with E-state index in [4.69, 9.17) is 0 Å². The fourth-order valence-electron chi connectivity index (χ4n) is 3.01. The maximum Gasteiger partial charge on any atom is 0.255 e. The van der Waals surface area contributed by atoms with Crippen LogP contribution in [0.3, 0.4) is 0 Å². The zero-order chi connectivity index (χ0) is 14.1. The van der Waals surface area contributed by atoms with Crippen LogP contribution >= 0.6 is 11.3 Å². The van der Waals surface area contributed by atoms with E-state index in [1.807, 2.05) is 34.5 Å². The number of piperidine rings is 1. The van der Waals surface area contributed by atoms with E-state index in [0.29, 0.717) is 0 Å². The van der Waals surface area contributed by atoms with Crippen LogP contribution in [0.25, 0.3) is 10.1 Å². The number of fused-ring (bicyclic) bond motifs is 1. The second-order valence-electron chi connectivity index (χ2n) is 5.45. The monoisotopic (exact) mass is 289 g/mol. The van der Waals surface area contributed by atoms with Gasteiger partial charge in [-0.3, -0.25) is 4.79 Å². The highest BCUT2D eigenvalue weighted by molar-refractivity contribution is 7.17. The SMILES string of the molecule is C[C@@H](O)[C@H]1CCCCN1C(=O)c1csc2ccccc12. The number of amides is 1. The molecule has 2 heterocycles. The van der Waals surface area contributed by atoms with Gasteiger partial charge >= 0.3 is 0 Å². The highest BCUT2D eigenvalue weighted by atomic mass is 32.1. The standard InChI is InChI=1S/C16H19NO2S/c1-11(18)14-7-4-5-9-17(14)16(19)13-10-20-15-8-3-2-6-12(13)15/h2-3,6,8,10-11,14,18H,4-5,7,9H2,1H3/t11-,14-/m1/s1. The molecule has 0 saturated carbocycles. The Morgan fingerprint density at radius 1 is 1.40 bits per heavy atom. The first kappa shape index (κ1) is 13.6. The number of hydrogen-bond donors (Lipinski definition) is 1. The second kappa shape index (κ2) is 5.54. The first-order valence-corrected chi connectivity index (χ1v) is 8.01. The Kier molecular flexibility index (Phi) is 3.76. The minimum absolute atomic E-state index is 0.0464. The molecule has 2 aromatic rings. The zero-order valence-electron chi connectivity index (χ0n) is 11.6. The molecular weight excluding hydrogens is 270 g/mol. The molecule has 1 aromatic heterocycles. The number of aliphatic hydroxyl groups is 1. The van der Waals surface area contributed by atoms with Crippen molar-refractivity contribution in [3.05, 3.63) is 35.2 Å². The van der Waals surface area contributed by atoms with Crippen molar-refractivity contribution in [1.82, 2.24) is 4.90 Å². The summed E-state index contributed by atoms with van der Waals surface area (Å²) in [6, 6.07) is 7.95. The Bertz CT molecular complexity index is 620. The van der Waals surface area contributed by atoms with E-state index in [-0.39, 0.29) is 11.9 Å².